The van der Waals surface area contributed by atoms with Gasteiger partial charge in [-0.2, -0.15) is 8.78 Å². The summed E-state index contributed by atoms with van der Waals surface area (Å²) >= 11 is 0. The highest BCUT2D eigenvalue weighted by Crippen LogP contribution is 2.24. The fourth-order valence-electron chi connectivity index (χ4n) is 3.69. The van der Waals surface area contributed by atoms with Gasteiger partial charge in [-0.1, -0.05) is 62.4 Å². The van der Waals surface area contributed by atoms with Crippen LogP contribution in [-0.4, -0.2) is 46.7 Å². The molecule has 0 radical (unpaired) electrons. The maximum absolute atomic E-state index is 14.9. The molecule has 3 rings (SSSR count). The predicted molar refractivity (Wildman–Crippen MR) is 141 cm³/mol. The van der Waals surface area contributed by atoms with Gasteiger partial charge in [0.05, 0.1) is 24.9 Å². The van der Waals surface area contributed by atoms with Crippen LogP contribution < -0.4 is 15.8 Å². The number of rotatable bonds is 14. The minimum absolute atomic E-state index is 0.0108. The zero-order valence-corrected chi connectivity index (χ0v) is 21.6. The number of nitrogens with two attached hydrogens (primary N) is 1. The third kappa shape index (κ3) is 8.58. The third-order valence-corrected chi connectivity index (χ3v) is 6.12. The van der Waals surface area contributed by atoms with Crippen molar-refractivity contribution < 1.29 is 28.2 Å². The first-order valence-corrected chi connectivity index (χ1v) is 12.5. The number of carbonyl (C=O) groups is 1. The lowest BCUT2D eigenvalue weighted by molar-refractivity contribution is -0.167. The molecule has 0 fully saturated rings. The van der Waals surface area contributed by atoms with Crippen LogP contribution in [0.15, 0.2) is 79.0 Å². The van der Waals surface area contributed by atoms with E-state index in [0.29, 0.717) is 23.6 Å². The normalized spacial score (nSPS) is 14.1. The van der Waals surface area contributed by atoms with Crippen LogP contribution in [-0.2, 0) is 29.2 Å². The number of aliphatic hydroxyl groups is 1. The van der Waals surface area contributed by atoms with Gasteiger partial charge in [0.1, 0.15) is 18.5 Å². The number of ether oxygens (including phenoxy) is 2. The Hall–Kier alpha value is -3.40. The number of aliphatic hydroxyl groups excluding tert-OH is 1. The molecule has 2 aromatic carbocycles. The van der Waals surface area contributed by atoms with Crippen molar-refractivity contribution in [1.29, 1.82) is 0 Å². The standard InChI is InChI=1S/C29H35F2N3O4/c1-20(2)26(19-37-18-23-10-6-7-15-33-23)34-28(36)29(30,31)27(35)25(32)16-21-11-13-24(14-12-21)38-17-22-8-4-3-5-9-22/h3-15,20,25-27,35H,16-19,32H2,1-2H3,(H,34,36)/t25?,26-,27?/m0/s1. The number of nitrogens with zero attached hydrogens (tertiary/aromatic N) is 1. The molecule has 0 aliphatic heterocycles. The van der Waals surface area contributed by atoms with E-state index < -0.39 is 30.0 Å². The fraction of sp³-hybridized carbons (Fsp3) is 0.379. The summed E-state index contributed by atoms with van der Waals surface area (Å²) in [5.41, 5.74) is 8.24. The smallest absolute Gasteiger partial charge is 0.351 e. The van der Waals surface area contributed by atoms with Crippen LogP contribution in [0.3, 0.4) is 0 Å². The summed E-state index contributed by atoms with van der Waals surface area (Å²) in [6.07, 6.45) is -0.803. The van der Waals surface area contributed by atoms with E-state index in [1.165, 1.54) is 0 Å². The molecule has 7 nitrogen and oxygen atoms in total. The van der Waals surface area contributed by atoms with Gasteiger partial charge < -0.3 is 25.6 Å². The van der Waals surface area contributed by atoms with Gasteiger partial charge in [-0.15, -0.1) is 0 Å². The highest BCUT2D eigenvalue weighted by molar-refractivity contribution is 5.84. The van der Waals surface area contributed by atoms with E-state index in [4.69, 9.17) is 15.2 Å². The number of halogens is 2. The molecule has 0 saturated heterocycles. The number of amides is 1. The van der Waals surface area contributed by atoms with Crippen LogP contribution in [0.25, 0.3) is 0 Å². The van der Waals surface area contributed by atoms with E-state index in [2.05, 4.69) is 10.3 Å². The molecule has 3 atom stereocenters. The number of carbonyl (C=O) groups excluding carboxylic acids is 1. The number of hydrogen-bond donors (Lipinski definition) is 3. The van der Waals surface area contributed by atoms with Crippen molar-refractivity contribution in [2.24, 2.45) is 11.7 Å². The molecule has 1 aromatic heterocycles. The van der Waals surface area contributed by atoms with Crippen LogP contribution in [0.5, 0.6) is 5.75 Å². The van der Waals surface area contributed by atoms with Crippen molar-refractivity contribution in [3.63, 3.8) is 0 Å². The lowest BCUT2D eigenvalue weighted by Crippen LogP contribution is -2.58. The second kappa shape index (κ2) is 13.9. The Morgan fingerprint density at radius 2 is 1.68 bits per heavy atom. The number of alkyl halides is 2. The highest BCUT2D eigenvalue weighted by atomic mass is 19.3. The van der Waals surface area contributed by atoms with Gasteiger partial charge >= 0.3 is 5.92 Å². The molecule has 9 heteroatoms. The molecule has 38 heavy (non-hydrogen) atoms. The summed E-state index contributed by atoms with van der Waals surface area (Å²) in [5, 5.41) is 12.6. The predicted octanol–water partition coefficient (Wildman–Crippen LogP) is 3.88. The Balaban J connectivity index is 1.51. The molecular weight excluding hydrogens is 492 g/mol. The maximum Gasteiger partial charge on any atom is 0.351 e. The Kier molecular flexibility index (Phi) is 10.7. The minimum Gasteiger partial charge on any atom is -0.489 e. The second-order valence-corrected chi connectivity index (χ2v) is 9.51. The number of pyridine rings is 1. The largest absolute Gasteiger partial charge is 0.489 e. The first kappa shape index (κ1) is 29.2. The van der Waals surface area contributed by atoms with E-state index in [1.807, 2.05) is 36.4 Å². The van der Waals surface area contributed by atoms with Gasteiger partial charge in [-0.25, -0.2) is 0 Å². The third-order valence-electron chi connectivity index (χ3n) is 6.12. The molecule has 4 N–H and O–H groups in total. The lowest BCUT2D eigenvalue weighted by Gasteiger charge is -2.29. The molecule has 204 valence electrons. The first-order chi connectivity index (χ1) is 18.2. The molecule has 0 saturated carbocycles. The maximum atomic E-state index is 14.9. The van der Waals surface area contributed by atoms with E-state index in [0.717, 1.165) is 5.56 Å². The number of aromatic nitrogens is 1. The molecular formula is C29H35F2N3O4. The quantitative estimate of drug-likeness (QED) is 0.294. The molecule has 2 unspecified atom stereocenters. The average molecular weight is 528 g/mol. The summed E-state index contributed by atoms with van der Waals surface area (Å²) < 4.78 is 41.1. The Labute approximate surface area is 222 Å². The van der Waals surface area contributed by atoms with Crippen molar-refractivity contribution in [3.05, 3.63) is 95.8 Å². The van der Waals surface area contributed by atoms with Crippen LogP contribution in [0, 0.1) is 5.92 Å². The molecule has 0 aliphatic carbocycles. The van der Waals surface area contributed by atoms with Crippen LogP contribution in [0.1, 0.15) is 30.7 Å². The van der Waals surface area contributed by atoms with Gasteiger partial charge in [-0.3, -0.25) is 9.78 Å². The summed E-state index contributed by atoms with van der Waals surface area (Å²) in [4.78, 5) is 16.6. The number of nitrogens with one attached hydrogen (secondary N) is 1. The van der Waals surface area contributed by atoms with Gasteiger partial charge in [-0.05, 0) is 47.7 Å². The Morgan fingerprint density at radius 3 is 2.32 bits per heavy atom. The number of benzene rings is 2. The first-order valence-electron chi connectivity index (χ1n) is 12.5. The zero-order valence-electron chi connectivity index (χ0n) is 21.6. The molecule has 0 bridgehead atoms. The highest BCUT2D eigenvalue weighted by Gasteiger charge is 2.49. The average Bonchev–Trinajstić information content (AvgIpc) is 2.92. The van der Waals surface area contributed by atoms with Gasteiger partial charge in [0, 0.05) is 12.2 Å². The topological polar surface area (TPSA) is 107 Å². The zero-order chi connectivity index (χ0) is 27.5. The summed E-state index contributed by atoms with van der Waals surface area (Å²) in [5.74, 6) is -5.26. The number of hydrogen-bond acceptors (Lipinski definition) is 6. The van der Waals surface area contributed by atoms with Gasteiger partial charge in [0.25, 0.3) is 5.91 Å². The summed E-state index contributed by atoms with van der Waals surface area (Å²) in [6, 6.07) is 19.8. The van der Waals surface area contributed by atoms with Crippen molar-refractivity contribution in [2.75, 3.05) is 6.61 Å². The molecule has 1 heterocycles. The monoisotopic (exact) mass is 527 g/mol. The summed E-state index contributed by atoms with van der Waals surface area (Å²) in [7, 11) is 0. The molecule has 0 spiro atoms. The van der Waals surface area contributed by atoms with Gasteiger partial charge in [0.2, 0.25) is 0 Å². The minimum atomic E-state index is -4.09. The SMILES string of the molecule is CC(C)[C@H](COCc1ccccn1)NC(=O)C(F)(F)C(O)C(N)Cc1ccc(OCc2ccccc2)cc1. The second-order valence-electron chi connectivity index (χ2n) is 9.51. The van der Waals surface area contributed by atoms with Crippen LogP contribution in [0.4, 0.5) is 8.78 Å². The van der Waals surface area contributed by atoms with Crippen molar-refractivity contribution in [2.45, 2.75) is 57.6 Å². The van der Waals surface area contributed by atoms with Crippen LogP contribution >= 0.6 is 0 Å². The molecule has 1 amide bonds. The van der Waals surface area contributed by atoms with Crippen molar-refractivity contribution >= 4 is 5.91 Å². The van der Waals surface area contributed by atoms with E-state index in [9.17, 15) is 18.7 Å². The van der Waals surface area contributed by atoms with Gasteiger partial charge in [0.15, 0.2) is 0 Å². The van der Waals surface area contributed by atoms with E-state index in [-0.39, 0.29) is 25.6 Å². The van der Waals surface area contributed by atoms with Crippen LogP contribution in [0.2, 0.25) is 0 Å². The van der Waals surface area contributed by atoms with E-state index >= 15 is 0 Å². The lowest BCUT2D eigenvalue weighted by atomic mass is 9.96. The fourth-order valence-corrected chi connectivity index (χ4v) is 3.69. The van der Waals surface area contributed by atoms with E-state index in [1.54, 1.807) is 56.4 Å². The molecule has 3 aromatic rings. The Bertz CT molecular complexity index is 1120. The Morgan fingerprint density at radius 1 is 1.00 bits per heavy atom. The van der Waals surface area contributed by atoms with Crippen molar-refractivity contribution in [3.8, 4) is 5.75 Å². The summed E-state index contributed by atoms with van der Waals surface area (Å²) in [6.45, 7) is 4.15. The van der Waals surface area contributed by atoms with Crippen molar-refractivity contribution in [1.82, 2.24) is 10.3 Å². The molecule has 0 aliphatic rings.